The van der Waals surface area contributed by atoms with Gasteiger partial charge in [-0.3, -0.25) is 14.4 Å². The van der Waals surface area contributed by atoms with Crippen LogP contribution in [0.2, 0.25) is 0 Å². The Morgan fingerprint density at radius 1 is 0.931 bits per heavy atom. The standard InChI is InChI=1S/C22H24BrN3O3/c1-2-16-6-8-17(9-7-16)22(29)26-12-10-25(11-13-26)20(27)15-24-21(28)18-4-3-5-19(23)14-18/h3-9,14H,2,10-13,15H2,1H3,(H,24,28). The number of piperazine rings is 1. The van der Waals surface area contributed by atoms with Crippen LogP contribution < -0.4 is 5.32 Å². The average molecular weight is 458 g/mol. The summed E-state index contributed by atoms with van der Waals surface area (Å²) < 4.78 is 0.807. The van der Waals surface area contributed by atoms with Gasteiger partial charge in [0.1, 0.15) is 0 Å². The van der Waals surface area contributed by atoms with Crippen molar-refractivity contribution in [2.45, 2.75) is 13.3 Å². The van der Waals surface area contributed by atoms with Crippen LogP contribution in [-0.4, -0.2) is 60.2 Å². The Morgan fingerprint density at radius 2 is 1.59 bits per heavy atom. The molecule has 0 saturated carbocycles. The van der Waals surface area contributed by atoms with Gasteiger partial charge in [0.2, 0.25) is 5.91 Å². The zero-order chi connectivity index (χ0) is 20.8. The minimum absolute atomic E-state index is 0.0114. The lowest BCUT2D eigenvalue weighted by atomic mass is 10.1. The van der Waals surface area contributed by atoms with Crippen LogP contribution in [-0.2, 0) is 11.2 Å². The molecule has 1 heterocycles. The molecule has 0 bridgehead atoms. The zero-order valence-electron chi connectivity index (χ0n) is 16.4. The number of nitrogens with one attached hydrogen (secondary N) is 1. The Labute approximate surface area is 179 Å². The Hall–Kier alpha value is -2.67. The number of rotatable bonds is 5. The first-order valence-corrected chi connectivity index (χ1v) is 10.5. The molecule has 3 amide bonds. The fourth-order valence-electron chi connectivity index (χ4n) is 3.22. The molecule has 0 atom stereocenters. The highest BCUT2D eigenvalue weighted by Crippen LogP contribution is 2.12. The molecule has 1 fully saturated rings. The molecule has 2 aromatic carbocycles. The number of hydrogen-bond acceptors (Lipinski definition) is 3. The third-order valence-corrected chi connectivity index (χ3v) is 5.51. The second kappa shape index (κ2) is 9.69. The van der Waals surface area contributed by atoms with Crippen LogP contribution in [0.5, 0.6) is 0 Å². The van der Waals surface area contributed by atoms with Crippen LogP contribution in [0.25, 0.3) is 0 Å². The van der Waals surface area contributed by atoms with E-state index >= 15 is 0 Å². The number of carbonyl (C=O) groups excluding carboxylic acids is 3. The fourth-order valence-corrected chi connectivity index (χ4v) is 3.62. The quantitative estimate of drug-likeness (QED) is 0.750. The van der Waals surface area contributed by atoms with E-state index in [-0.39, 0.29) is 24.3 Å². The molecule has 0 aliphatic carbocycles. The van der Waals surface area contributed by atoms with Gasteiger partial charge >= 0.3 is 0 Å². The SMILES string of the molecule is CCc1ccc(C(=O)N2CCN(C(=O)CNC(=O)c3cccc(Br)c3)CC2)cc1. The van der Waals surface area contributed by atoms with E-state index in [4.69, 9.17) is 0 Å². The Balaban J connectivity index is 1.47. The van der Waals surface area contributed by atoms with E-state index in [1.165, 1.54) is 5.56 Å². The van der Waals surface area contributed by atoms with Gasteiger partial charge in [-0.1, -0.05) is 41.1 Å². The molecule has 29 heavy (non-hydrogen) atoms. The normalized spacial score (nSPS) is 13.9. The lowest BCUT2D eigenvalue weighted by Crippen LogP contribution is -2.52. The van der Waals surface area contributed by atoms with Crippen LogP contribution in [0, 0.1) is 0 Å². The molecule has 1 aliphatic heterocycles. The monoisotopic (exact) mass is 457 g/mol. The molecule has 0 unspecified atom stereocenters. The minimum atomic E-state index is -0.288. The molecular weight excluding hydrogens is 434 g/mol. The summed E-state index contributed by atoms with van der Waals surface area (Å²) in [6.45, 7) is 3.92. The van der Waals surface area contributed by atoms with Crippen molar-refractivity contribution >= 4 is 33.7 Å². The van der Waals surface area contributed by atoms with Gasteiger partial charge in [-0.2, -0.15) is 0 Å². The van der Waals surface area contributed by atoms with E-state index in [9.17, 15) is 14.4 Å². The number of hydrogen-bond donors (Lipinski definition) is 1. The first-order valence-electron chi connectivity index (χ1n) is 9.67. The van der Waals surface area contributed by atoms with Gasteiger partial charge in [0.25, 0.3) is 11.8 Å². The largest absolute Gasteiger partial charge is 0.343 e. The molecule has 7 heteroatoms. The smallest absolute Gasteiger partial charge is 0.253 e. The van der Waals surface area contributed by atoms with Crippen LogP contribution in [0.15, 0.2) is 53.0 Å². The van der Waals surface area contributed by atoms with E-state index in [0.717, 1.165) is 10.9 Å². The van der Waals surface area contributed by atoms with Gasteiger partial charge in [0.05, 0.1) is 6.54 Å². The maximum absolute atomic E-state index is 12.6. The van der Waals surface area contributed by atoms with E-state index in [0.29, 0.717) is 37.3 Å². The minimum Gasteiger partial charge on any atom is -0.343 e. The third-order valence-electron chi connectivity index (χ3n) is 5.02. The molecule has 0 aromatic heterocycles. The lowest BCUT2D eigenvalue weighted by Gasteiger charge is -2.35. The topological polar surface area (TPSA) is 69.7 Å². The zero-order valence-corrected chi connectivity index (χ0v) is 17.9. The van der Waals surface area contributed by atoms with Crippen molar-refractivity contribution in [1.82, 2.24) is 15.1 Å². The number of carbonyl (C=O) groups is 3. The molecular formula is C22H24BrN3O3. The number of benzene rings is 2. The summed E-state index contributed by atoms with van der Waals surface area (Å²) in [6, 6.07) is 14.7. The first kappa shape index (κ1) is 21.0. The number of aryl methyl sites for hydroxylation is 1. The van der Waals surface area contributed by atoms with Crippen molar-refractivity contribution < 1.29 is 14.4 Å². The van der Waals surface area contributed by atoms with Crippen LogP contribution in [0.3, 0.4) is 0 Å². The van der Waals surface area contributed by atoms with Crippen molar-refractivity contribution in [3.63, 3.8) is 0 Å². The molecule has 1 N–H and O–H groups in total. The van der Waals surface area contributed by atoms with E-state index < -0.39 is 0 Å². The predicted octanol–water partition coefficient (Wildman–Crippen LogP) is 2.73. The highest BCUT2D eigenvalue weighted by Gasteiger charge is 2.25. The maximum atomic E-state index is 12.6. The summed E-state index contributed by atoms with van der Waals surface area (Å²) in [4.78, 5) is 40.7. The van der Waals surface area contributed by atoms with Gasteiger partial charge in [-0.15, -0.1) is 0 Å². The van der Waals surface area contributed by atoms with Gasteiger partial charge in [-0.05, 0) is 42.3 Å². The van der Waals surface area contributed by atoms with Crippen LogP contribution in [0.1, 0.15) is 33.2 Å². The van der Waals surface area contributed by atoms with Gasteiger partial charge in [0.15, 0.2) is 0 Å². The molecule has 0 radical (unpaired) electrons. The third kappa shape index (κ3) is 5.44. The maximum Gasteiger partial charge on any atom is 0.253 e. The lowest BCUT2D eigenvalue weighted by molar-refractivity contribution is -0.131. The second-order valence-corrected chi connectivity index (χ2v) is 7.83. The molecule has 2 aromatic rings. The molecule has 0 spiro atoms. The van der Waals surface area contributed by atoms with Gasteiger partial charge in [0, 0.05) is 41.8 Å². The second-order valence-electron chi connectivity index (χ2n) is 6.92. The Morgan fingerprint density at radius 3 is 2.21 bits per heavy atom. The Kier molecular flexibility index (Phi) is 7.04. The summed E-state index contributed by atoms with van der Waals surface area (Å²) >= 11 is 3.33. The van der Waals surface area contributed by atoms with Crippen LogP contribution >= 0.6 is 15.9 Å². The van der Waals surface area contributed by atoms with Crippen molar-refractivity contribution in [3.8, 4) is 0 Å². The fraction of sp³-hybridized carbons (Fsp3) is 0.318. The number of amides is 3. The van der Waals surface area contributed by atoms with Crippen molar-refractivity contribution in [2.24, 2.45) is 0 Å². The number of nitrogens with zero attached hydrogens (tertiary/aromatic N) is 2. The summed E-state index contributed by atoms with van der Waals surface area (Å²) in [6.07, 6.45) is 0.938. The summed E-state index contributed by atoms with van der Waals surface area (Å²) in [5.74, 6) is -0.445. The molecule has 1 saturated heterocycles. The van der Waals surface area contributed by atoms with Crippen molar-refractivity contribution in [3.05, 3.63) is 69.7 Å². The van der Waals surface area contributed by atoms with E-state index in [1.54, 1.807) is 28.0 Å². The molecule has 3 rings (SSSR count). The highest BCUT2D eigenvalue weighted by molar-refractivity contribution is 9.10. The van der Waals surface area contributed by atoms with Crippen molar-refractivity contribution in [2.75, 3.05) is 32.7 Å². The molecule has 1 aliphatic rings. The average Bonchev–Trinajstić information content (AvgIpc) is 2.77. The van der Waals surface area contributed by atoms with Crippen molar-refractivity contribution in [1.29, 1.82) is 0 Å². The molecule has 6 nitrogen and oxygen atoms in total. The number of halogens is 1. The molecule has 152 valence electrons. The predicted molar refractivity (Wildman–Crippen MR) is 115 cm³/mol. The summed E-state index contributed by atoms with van der Waals surface area (Å²) in [5.41, 5.74) is 2.36. The Bertz CT molecular complexity index is 890. The van der Waals surface area contributed by atoms with Crippen LogP contribution in [0.4, 0.5) is 0 Å². The van der Waals surface area contributed by atoms with E-state index in [1.807, 2.05) is 30.3 Å². The summed E-state index contributed by atoms with van der Waals surface area (Å²) in [7, 11) is 0. The first-order chi connectivity index (χ1) is 14.0. The van der Waals surface area contributed by atoms with Gasteiger partial charge < -0.3 is 15.1 Å². The van der Waals surface area contributed by atoms with E-state index in [2.05, 4.69) is 28.2 Å². The highest BCUT2D eigenvalue weighted by atomic mass is 79.9. The summed E-state index contributed by atoms with van der Waals surface area (Å²) in [5, 5.41) is 2.66. The van der Waals surface area contributed by atoms with Gasteiger partial charge in [-0.25, -0.2) is 0 Å².